The quantitative estimate of drug-likeness (QED) is 0.844. The third-order valence-corrected chi connectivity index (χ3v) is 2.90. The highest BCUT2D eigenvalue weighted by Crippen LogP contribution is 2.34. The number of anilines is 1. The Morgan fingerprint density at radius 2 is 2.22 bits per heavy atom. The second-order valence-electron chi connectivity index (χ2n) is 4.33. The zero-order valence-corrected chi connectivity index (χ0v) is 10.7. The summed E-state index contributed by atoms with van der Waals surface area (Å²) >= 11 is 0. The molecule has 96 valence electrons. The summed E-state index contributed by atoms with van der Waals surface area (Å²) in [5.74, 6) is 0.234. The Hall–Kier alpha value is -2.04. The maximum absolute atomic E-state index is 12.1. The van der Waals surface area contributed by atoms with Crippen molar-refractivity contribution in [1.82, 2.24) is 5.32 Å². The molecule has 1 aromatic rings. The van der Waals surface area contributed by atoms with Crippen LogP contribution in [-0.4, -0.2) is 31.5 Å². The van der Waals surface area contributed by atoms with E-state index < -0.39 is 6.10 Å². The van der Waals surface area contributed by atoms with Crippen molar-refractivity contribution in [3.63, 3.8) is 0 Å². The van der Waals surface area contributed by atoms with E-state index in [1.165, 1.54) is 4.90 Å². The van der Waals surface area contributed by atoms with Crippen LogP contribution in [0.4, 0.5) is 5.69 Å². The predicted octanol–water partition coefficient (Wildman–Crippen LogP) is 0.855. The van der Waals surface area contributed by atoms with Crippen LogP contribution in [0.3, 0.4) is 0 Å². The maximum Gasteiger partial charge on any atom is 0.268 e. The molecule has 0 aromatic heterocycles. The van der Waals surface area contributed by atoms with Crippen molar-refractivity contribution >= 4 is 17.5 Å². The van der Waals surface area contributed by atoms with Gasteiger partial charge in [0.05, 0.1) is 5.69 Å². The third-order valence-electron chi connectivity index (χ3n) is 2.90. The topological polar surface area (TPSA) is 58.6 Å². The van der Waals surface area contributed by atoms with Crippen LogP contribution in [-0.2, 0) is 9.59 Å². The van der Waals surface area contributed by atoms with Crippen molar-refractivity contribution in [3.05, 3.63) is 23.8 Å². The minimum Gasteiger partial charge on any atom is -0.479 e. The lowest BCUT2D eigenvalue weighted by atomic mass is 10.1. The van der Waals surface area contributed by atoms with Crippen molar-refractivity contribution < 1.29 is 14.3 Å². The van der Waals surface area contributed by atoms with E-state index in [-0.39, 0.29) is 18.4 Å². The standard InChI is InChI=1S/C13H16N2O3/c1-8-4-5-11-10(6-8)15(7-12(16)14-3)13(17)9(2)18-11/h4-6,9H,7H2,1-3H3,(H,14,16)/t9-/m0/s1. The van der Waals surface area contributed by atoms with Crippen LogP contribution in [0.15, 0.2) is 18.2 Å². The number of likely N-dealkylation sites (N-methyl/N-ethyl adjacent to an activating group) is 1. The number of rotatable bonds is 2. The van der Waals surface area contributed by atoms with Crippen LogP contribution in [0.25, 0.3) is 0 Å². The molecular formula is C13H16N2O3. The molecule has 5 nitrogen and oxygen atoms in total. The highest BCUT2D eigenvalue weighted by molar-refractivity contribution is 6.03. The van der Waals surface area contributed by atoms with Gasteiger partial charge in [0.25, 0.3) is 5.91 Å². The fraction of sp³-hybridized carbons (Fsp3) is 0.385. The van der Waals surface area contributed by atoms with E-state index in [2.05, 4.69) is 5.32 Å². The van der Waals surface area contributed by atoms with E-state index in [9.17, 15) is 9.59 Å². The fourth-order valence-corrected chi connectivity index (χ4v) is 1.90. The largest absolute Gasteiger partial charge is 0.479 e. The summed E-state index contributed by atoms with van der Waals surface area (Å²) in [6.45, 7) is 3.63. The van der Waals surface area contributed by atoms with Crippen LogP contribution in [0, 0.1) is 6.92 Å². The molecule has 2 amide bonds. The maximum atomic E-state index is 12.1. The van der Waals surface area contributed by atoms with Crippen LogP contribution < -0.4 is 15.0 Å². The number of nitrogens with zero attached hydrogens (tertiary/aromatic N) is 1. The fourth-order valence-electron chi connectivity index (χ4n) is 1.90. The number of carbonyl (C=O) groups excluding carboxylic acids is 2. The van der Waals surface area contributed by atoms with Crippen LogP contribution in [0.2, 0.25) is 0 Å². The number of fused-ring (bicyclic) bond motifs is 1. The van der Waals surface area contributed by atoms with Gasteiger partial charge in [0.1, 0.15) is 12.3 Å². The molecule has 1 aliphatic rings. The van der Waals surface area contributed by atoms with Gasteiger partial charge in [0, 0.05) is 7.05 Å². The first kappa shape index (κ1) is 12.4. The monoisotopic (exact) mass is 248 g/mol. The highest BCUT2D eigenvalue weighted by atomic mass is 16.5. The summed E-state index contributed by atoms with van der Waals surface area (Å²) in [5.41, 5.74) is 1.67. The van der Waals surface area contributed by atoms with Crippen molar-refractivity contribution in [2.45, 2.75) is 20.0 Å². The van der Waals surface area contributed by atoms with Gasteiger partial charge in [0.2, 0.25) is 5.91 Å². The Bertz CT molecular complexity index is 499. The molecule has 0 saturated carbocycles. The molecule has 0 saturated heterocycles. The van der Waals surface area contributed by atoms with Gasteiger partial charge in [-0.3, -0.25) is 14.5 Å². The summed E-state index contributed by atoms with van der Waals surface area (Å²) in [5, 5.41) is 2.52. The van der Waals surface area contributed by atoms with Gasteiger partial charge in [-0.1, -0.05) is 6.07 Å². The van der Waals surface area contributed by atoms with Gasteiger partial charge in [-0.15, -0.1) is 0 Å². The summed E-state index contributed by atoms with van der Waals surface area (Å²) < 4.78 is 5.52. The molecule has 0 bridgehead atoms. The molecule has 18 heavy (non-hydrogen) atoms. The predicted molar refractivity (Wildman–Crippen MR) is 67.7 cm³/mol. The smallest absolute Gasteiger partial charge is 0.268 e. The minimum absolute atomic E-state index is 0.0134. The molecule has 0 radical (unpaired) electrons. The number of hydrogen-bond donors (Lipinski definition) is 1. The van der Waals surface area contributed by atoms with Crippen LogP contribution >= 0.6 is 0 Å². The molecule has 1 N–H and O–H groups in total. The summed E-state index contributed by atoms with van der Waals surface area (Å²) in [4.78, 5) is 25.0. The molecule has 1 heterocycles. The number of benzene rings is 1. The molecule has 5 heteroatoms. The molecule has 1 atom stereocenters. The summed E-state index contributed by atoms with van der Waals surface area (Å²) in [6.07, 6.45) is -0.565. The lowest BCUT2D eigenvalue weighted by Crippen LogP contribution is -2.48. The van der Waals surface area contributed by atoms with Gasteiger partial charge >= 0.3 is 0 Å². The van der Waals surface area contributed by atoms with Gasteiger partial charge < -0.3 is 10.1 Å². The number of aryl methyl sites for hydroxylation is 1. The number of hydrogen-bond acceptors (Lipinski definition) is 3. The Kier molecular flexibility index (Phi) is 3.23. The van der Waals surface area contributed by atoms with Gasteiger partial charge in [0.15, 0.2) is 6.10 Å². The molecule has 0 fully saturated rings. The first-order valence-corrected chi connectivity index (χ1v) is 5.82. The summed E-state index contributed by atoms with van der Waals surface area (Å²) in [7, 11) is 1.55. The molecule has 1 aliphatic heterocycles. The van der Waals surface area contributed by atoms with Crippen molar-refractivity contribution in [2.75, 3.05) is 18.5 Å². The normalized spacial score (nSPS) is 18.1. The number of nitrogens with one attached hydrogen (secondary N) is 1. The highest BCUT2D eigenvalue weighted by Gasteiger charge is 2.32. The molecule has 0 spiro atoms. The van der Waals surface area contributed by atoms with E-state index in [0.29, 0.717) is 11.4 Å². The minimum atomic E-state index is -0.565. The van der Waals surface area contributed by atoms with E-state index in [4.69, 9.17) is 4.74 Å². The molecule has 2 rings (SSSR count). The van der Waals surface area contributed by atoms with Crippen LogP contribution in [0.1, 0.15) is 12.5 Å². The third kappa shape index (κ3) is 2.16. The Morgan fingerprint density at radius 1 is 1.50 bits per heavy atom. The number of amides is 2. The zero-order chi connectivity index (χ0) is 13.3. The molecule has 0 unspecified atom stereocenters. The Balaban J connectivity index is 2.40. The zero-order valence-electron chi connectivity index (χ0n) is 10.7. The van der Waals surface area contributed by atoms with E-state index in [0.717, 1.165) is 5.56 Å². The van der Waals surface area contributed by atoms with E-state index in [1.54, 1.807) is 14.0 Å². The summed E-state index contributed by atoms with van der Waals surface area (Å²) in [6, 6.07) is 5.59. The molecule has 1 aromatic carbocycles. The van der Waals surface area contributed by atoms with Gasteiger partial charge in [-0.25, -0.2) is 0 Å². The van der Waals surface area contributed by atoms with E-state index in [1.807, 2.05) is 25.1 Å². The first-order chi connectivity index (χ1) is 8.52. The van der Waals surface area contributed by atoms with Crippen molar-refractivity contribution in [1.29, 1.82) is 0 Å². The number of ether oxygens (including phenoxy) is 1. The Morgan fingerprint density at radius 3 is 2.89 bits per heavy atom. The van der Waals surface area contributed by atoms with Gasteiger partial charge in [-0.2, -0.15) is 0 Å². The average Bonchev–Trinajstić information content (AvgIpc) is 2.35. The average molecular weight is 248 g/mol. The van der Waals surface area contributed by atoms with Gasteiger partial charge in [-0.05, 0) is 31.5 Å². The second-order valence-corrected chi connectivity index (χ2v) is 4.33. The van der Waals surface area contributed by atoms with E-state index >= 15 is 0 Å². The van der Waals surface area contributed by atoms with Crippen molar-refractivity contribution in [2.24, 2.45) is 0 Å². The second kappa shape index (κ2) is 4.68. The first-order valence-electron chi connectivity index (χ1n) is 5.82. The SMILES string of the molecule is CNC(=O)CN1C(=O)[C@H](C)Oc2ccc(C)cc21. The molecule has 0 aliphatic carbocycles. The molecular weight excluding hydrogens is 232 g/mol. The van der Waals surface area contributed by atoms with Crippen molar-refractivity contribution in [3.8, 4) is 5.75 Å². The number of carbonyl (C=O) groups is 2. The lowest BCUT2D eigenvalue weighted by Gasteiger charge is -2.32. The Labute approximate surface area is 106 Å². The van der Waals surface area contributed by atoms with Crippen LogP contribution in [0.5, 0.6) is 5.75 Å². The lowest BCUT2D eigenvalue weighted by molar-refractivity contribution is -0.128.